The molecule has 0 fully saturated rings. The maximum atomic E-state index is 6.45. The Morgan fingerprint density at radius 1 is 1.45 bits per heavy atom. The third-order valence-electron chi connectivity index (χ3n) is 3.28. The molecule has 0 spiro atoms. The van der Waals surface area contributed by atoms with Crippen LogP contribution in [0.25, 0.3) is 0 Å². The van der Waals surface area contributed by atoms with Gasteiger partial charge in [0.15, 0.2) is 0 Å². The van der Waals surface area contributed by atoms with Crippen LogP contribution in [0, 0.1) is 5.92 Å². The highest BCUT2D eigenvalue weighted by atomic mass is 79.9. The van der Waals surface area contributed by atoms with Crippen molar-refractivity contribution in [1.82, 2.24) is 14.7 Å². The van der Waals surface area contributed by atoms with Crippen molar-refractivity contribution in [2.45, 2.75) is 39.5 Å². The number of nitrogens with two attached hydrogens (primary N) is 1. The summed E-state index contributed by atoms with van der Waals surface area (Å²) in [6.07, 6.45) is 1.81. The fourth-order valence-electron chi connectivity index (χ4n) is 2.24. The summed E-state index contributed by atoms with van der Waals surface area (Å²) < 4.78 is 8.76. The molecule has 1 rings (SSSR count). The zero-order valence-electron chi connectivity index (χ0n) is 13.1. The van der Waals surface area contributed by atoms with Crippen molar-refractivity contribution >= 4 is 15.9 Å². The predicted molar refractivity (Wildman–Crippen MR) is 85.7 cm³/mol. The van der Waals surface area contributed by atoms with Crippen molar-refractivity contribution < 1.29 is 4.74 Å². The Hall–Kier alpha value is -0.430. The molecule has 20 heavy (non-hydrogen) atoms. The van der Waals surface area contributed by atoms with E-state index in [1.807, 2.05) is 17.8 Å². The number of nitrogens with zero attached hydrogens (tertiary/aromatic N) is 3. The van der Waals surface area contributed by atoms with Crippen LogP contribution in [0.1, 0.15) is 32.5 Å². The van der Waals surface area contributed by atoms with E-state index in [-0.39, 0.29) is 12.1 Å². The van der Waals surface area contributed by atoms with Crippen LogP contribution in [0.5, 0.6) is 0 Å². The van der Waals surface area contributed by atoms with Gasteiger partial charge in [-0.15, -0.1) is 0 Å². The van der Waals surface area contributed by atoms with E-state index in [0.29, 0.717) is 12.5 Å². The van der Waals surface area contributed by atoms with Crippen LogP contribution in [-0.2, 0) is 11.3 Å². The third kappa shape index (κ3) is 4.55. The van der Waals surface area contributed by atoms with Gasteiger partial charge in [-0.1, -0.05) is 13.8 Å². The molecule has 0 bridgehead atoms. The molecule has 0 aliphatic rings. The van der Waals surface area contributed by atoms with E-state index in [0.717, 1.165) is 23.3 Å². The van der Waals surface area contributed by atoms with Crippen LogP contribution in [0.2, 0.25) is 0 Å². The molecule has 1 heterocycles. The standard InChI is InChI=1S/C14H27BrN4O/c1-6-20-14(10(2)3)12(16)13-11(15)9-17-19(13)8-7-18(4)5/h9-10,12,14H,6-8,16H2,1-5H3. The number of aromatic nitrogens is 2. The smallest absolute Gasteiger partial charge is 0.0805 e. The molecule has 0 radical (unpaired) electrons. The highest BCUT2D eigenvalue weighted by molar-refractivity contribution is 9.10. The maximum Gasteiger partial charge on any atom is 0.0805 e. The summed E-state index contributed by atoms with van der Waals surface area (Å²) >= 11 is 3.56. The minimum Gasteiger partial charge on any atom is -0.376 e. The van der Waals surface area contributed by atoms with Crippen molar-refractivity contribution in [2.75, 3.05) is 27.2 Å². The molecule has 0 saturated heterocycles. The van der Waals surface area contributed by atoms with Gasteiger partial charge in [0.25, 0.3) is 0 Å². The van der Waals surface area contributed by atoms with Gasteiger partial charge < -0.3 is 15.4 Å². The average molecular weight is 347 g/mol. The molecule has 0 saturated carbocycles. The lowest BCUT2D eigenvalue weighted by Gasteiger charge is -2.28. The van der Waals surface area contributed by atoms with Crippen molar-refractivity contribution in [3.05, 3.63) is 16.4 Å². The van der Waals surface area contributed by atoms with Crippen LogP contribution in [0.4, 0.5) is 0 Å². The number of ether oxygens (including phenoxy) is 1. The molecule has 0 aromatic carbocycles. The zero-order valence-corrected chi connectivity index (χ0v) is 14.7. The summed E-state index contributed by atoms with van der Waals surface area (Å²) in [5.74, 6) is 0.356. The first-order chi connectivity index (χ1) is 9.38. The van der Waals surface area contributed by atoms with Gasteiger partial charge in [-0.05, 0) is 42.9 Å². The second-order valence-corrected chi connectivity index (χ2v) is 6.45. The fraction of sp³-hybridized carbons (Fsp3) is 0.786. The van der Waals surface area contributed by atoms with E-state index in [2.05, 4.69) is 53.9 Å². The SMILES string of the molecule is CCOC(C(C)C)C(N)c1c(Br)cnn1CCN(C)C. The van der Waals surface area contributed by atoms with Crippen molar-refractivity contribution in [3.63, 3.8) is 0 Å². The molecule has 2 atom stereocenters. The van der Waals surface area contributed by atoms with Gasteiger partial charge in [-0.2, -0.15) is 5.10 Å². The molecule has 0 amide bonds. The van der Waals surface area contributed by atoms with Crippen LogP contribution >= 0.6 is 15.9 Å². The van der Waals surface area contributed by atoms with Gasteiger partial charge in [-0.3, -0.25) is 4.68 Å². The molecular weight excluding hydrogens is 320 g/mol. The van der Waals surface area contributed by atoms with Gasteiger partial charge in [0.1, 0.15) is 0 Å². The molecule has 6 heteroatoms. The quantitative estimate of drug-likeness (QED) is 0.784. The number of hydrogen-bond donors (Lipinski definition) is 1. The summed E-state index contributed by atoms with van der Waals surface area (Å²) in [5.41, 5.74) is 7.46. The topological polar surface area (TPSA) is 56.3 Å². The van der Waals surface area contributed by atoms with E-state index in [1.54, 1.807) is 0 Å². The number of hydrogen-bond acceptors (Lipinski definition) is 4. The maximum absolute atomic E-state index is 6.45. The van der Waals surface area contributed by atoms with Crippen molar-refractivity contribution in [3.8, 4) is 0 Å². The van der Waals surface area contributed by atoms with Gasteiger partial charge in [0.05, 0.1) is 35.1 Å². The zero-order chi connectivity index (χ0) is 15.3. The Morgan fingerprint density at radius 3 is 2.60 bits per heavy atom. The fourth-order valence-corrected chi connectivity index (χ4v) is 2.80. The highest BCUT2D eigenvalue weighted by Crippen LogP contribution is 2.28. The Balaban J connectivity index is 2.95. The minimum absolute atomic E-state index is 0.00824. The largest absolute Gasteiger partial charge is 0.376 e. The number of rotatable bonds is 8. The normalized spacial score (nSPS) is 15.1. The number of halogens is 1. The molecule has 1 aromatic rings. The molecule has 2 N–H and O–H groups in total. The van der Waals surface area contributed by atoms with E-state index >= 15 is 0 Å². The van der Waals surface area contributed by atoms with Gasteiger partial charge in [0.2, 0.25) is 0 Å². The van der Waals surface area contributed by atoms with Crippen molar-refractivity contribution in [2.24, 2.45) is 11.7 Å². The molecule has 2 unspecified atom stereocenters. The average Bonchev–Trinajstić information content (AvgIpc) is 2.73. The summed E-state index contributed by atoms with van der Waals surface area (Å²) in [4.78, 5) is 2.13. The van der Waals surface area contributed by atoms with E-state index in [4.69, 9.17) is 10.5 Å². The molecule has 5 nitrogen and oxygen atoms in total. The first kappa shape index (κ1) is 17.6. The summed E-state index contributed by atoms with van der Waals surface area (Å²) in [6, 6.07) is -0.186. The Bertz CT molecular complexity index is 406. The Kier molecular flexibility index (Phi) is 7.15. The Labute approximate surface area is 130 Å². The van der Waals surface area contributed by atoms with Gasteiger partial charge in [0, 0.05) is 13.2 Å². The summed E-state index contributed by atoms with van der Waals surface area (Å²) in [7, 11) is 4.10. The predicted octanol–water partition coefficient (Wildman–Crippen LogP) is 2.27. The van der Waals surface area contributed by atoms with Gasteiger partial charge >= 0.3 is 0 Å². The van der Waals surface area contributed by atoms with E-state index < -0.39 is 0 Å². The first-order valence-corrected chi connectivity index (χ1v) is 7.90. The lowest BCUT2D eigenvalue weighted by Crippen LogP contribution is -2.35. The monoisotopic (exact) mass is 346 g/mol. The molecule has 0 aliphatic heterocycles. The molecule has 1 aromatic heterocycles. The summed E-state index contributed by atoms with van der Waals surface area (Å²) in [6.45, 7) is 8.68. The third-order valence-corrected chi connectivity index (χ3v) is 3.89. The highest BCUT2D eigenvalue weighted by Gasteiger charge is 2.28. The first-order valence-electron chi connectivity index (χ1n) is 7.11. The lowest BCUT2D eigenvalue weighted by atomic mass is 9.97. The minimum atomic E-state index is -0.186. The van der Waals surface area contributed by atoms with Crippen LogP contribution < -0.4 is 5.73 Å². The summed E-state index contributed by atoms with van der Waals surface area (Å²) in [5, 5.41) is 4.42. The second kappa shape index (κ2) is 8.12. The second-order valence-electron chi connectivity index (χ2n) is 5.59. The molecule has 116 valence electrons. The number of likely N-dealkylation sites (N-methyl/N-ethyl adjacent to an activating group) is 1. The van der Waals surface area contributed by atoms with E-state index in [9.17, 15) is 0 Å². The van der Waals surface area contributed by atoms with Gasteiger partial charge in [-0.25, -0.2) is 0 Å². The van der Waals surface area contributed by atoms with Crippen LogP contribution in [0.3, 0.4) is 0 Å². The van der Waals surface area contributed by atoms with Crippen LogP contribution in [0.15, 0.2) is 10.7 Å². The van der Waals surface area contributed by atoms with E-state index in [1.165, 1.54) is 0 Å². The molecule has 0 aliphatic carbocycles. The van der Waals surface area contributed by atoms with Crippen LogP contribution in [-0.4, -0.2) is 48.0 Å². The van der Waals surface area contributed by atoms with Crippen molar-refractivity contribution in [1.29, 1.82) is 0 Å². The lowest BCUT2D eigenvalue weighted by molar-refractivity contribution is 0.0101. The Morgan fingerprint density at radius 2 is 2.10 bits per heavy atom. The molecular formula is C14H27BrN4O.